The largest absolute Gasteiger partial charge is 0.383 e. The second-order valence-electron chi connectivity index (χ2n) is 4.64. The Morgan fingerprint density at radius 1 is 1.44 bits per heavy atom. The van der Waals surface area contributed by atoms with Gasteiger partial charge in [0.25, 0.3) is 0 Å². The summed E-state index contributed by atoms with van der Waals surface area (Å²) in [4.78, 5) is 0. The number of aromatic nitrogens is 2. The minimum Gasteiger partial charge on any atom is -0.383 e. The summed E-state index contributed by atoms with van der Waals surface area (Å²) in [6, 6.07) is 2.11. The van der Waals surface area contributed by atoms with E-state index >= 15 is 0 Å². The monoisotopic (exact) mass is 218 g/mol. The lowest BCUT2D eigenvalue weighted by molar-refractivity contribution is 0.309. The molecule has 0 radical (unpaired) electrons. The lowest BCUT2D eigenvalue weighted by Crippen LogP contribution is -2.16. The van der Waals surface area contributed by atoms with Crippen LogP contribution < -0.4 is 5.73 Å². The molecular formula is C12H18N4. The molecule has 1 saturated carbocycles. The van der Waals surface area contributed by atoms with Gasteiger partial charge in [-0.2, -0.15) is 10.4 Å². The number of nitrogen functional groups attached to an aromatic ring is 1. The maximum atomic E-state index is 8.94. The first-order chi connectivity index (χ1) is 7.72. The van der Waals surface area contributed by atoms with Crippen molar-refractivity contribution in [2.45, 2.75) is 45.6 Å². The summed E-state index contributed by atoms with van der Waals surface area (Å²) in [7, 11) is 0. The Hall–Kier alpha value is -1.50. The molecule has 1 aromatic heterocycles. The number of nitrogens with zero attached hydrogens (tertiary/aromatic N) is 3. The smallest absolute Gasteiger partial charge is 0.140 e. The summed E-state index contributed by atoms with van der Waals surface area (Å²) >= 11 is 0. The Balaban J connectivity index is 2.12. The number of rotatable bonds is 2. The van der Waals surface area contributed by atoms with Gasteiger partial charge in [0, 0.05) is 6.54 Å². The van der Waals surface area contributed by atoms with Crippen molar-refractivity contribution in [3.8, 4) is 6.07 Å². The molecule has 0 bridgehead atoms. The molecule has 0 spiro atoms. The fourth-order valence-electron chi connectivity index (χ4n) is 2.49. The standard InChI is InChI=1S/C12H18N4/c1-9-11(7-13)12(14)16(15-9)8-10-5-3-2-4-6-10/h10H,2-6,8,14H2,1H3. The summed E-state index contributed by atoms with van der Waals surface area (Å²) in [5, 5.41) is 13.3. The van der Waals surface area contributed by atoms with Crippen molar-refractivity contribution < 1.29 is 0 Å². The summed E-state index contributed by atoms with van der Waals surface area (Å²) in [5.41, 5.74) is 7.19. The summed E-state index contributed by atoms with van der Waals surface area (Å²) in [5.74, 6) is 1.22. The van der Waals surface area contributed by atoms with Crippen molar-refractivity contribution in [1.29, 1.82) is 5.26 Å². The van der Waals surface area contributed by atoms with Crippen LogP contribution >= 0.6 is 0 Å². The van der Waals surface area contributed by atoms with E-state index in [9.17, 15) is 0 Å². The van der Waals surface area contributed by atoms with Crippen molar-refractivity contribution in [3.05, 3.63) is 11.3 Å². The van der Waals surface area contributed by atoms with Gasteiger partial charge in [-0.05, 0) is 25.7 Å². The minimum absolute atomic E-state index is 0.533. The summed E-state index contributed by atoms with van der Waals surface area (Å²) < 4.78 is 1.81. The number of nitriles is 1. The van der Waals surface area contributed by atoms with Gasteiger partial charge in [-0.1, -0.05) is 19.3 Å². The maximum Gasteiger partial charge on any atom is 0.140 e. The molecule has 0 amide bonds. The maximum absolute atomic E-state index is 8.94. The average Bonchev–Trinajstić information content (AvgIpc) is 2.55. The van der Waals surface area contributed by atoms with Crippen LogP contribution in [0.2, 0.25) is 0 Å². The SMILES string of the molecule is Cc1nn(CC2CCCCC2)c(N)c1C#N. The molecule has 1 heterocycles. The second kappa shape index (κ2) is 4.56. The summed E-state index contributed by atoms with van der Waals surface area (Å²) in [6.07, 6.45) is 6.51. The third-order valence-electron chi connectivity index (χ3n) is 3.43. The van der Waals surface area contributed by atoms with Crippen LogP contribution in [-0.4, -0.2) is 9.78 Å². The van der Waals surface area contributed by atoms with Crippen LogP contribution in [0, 0.1) is 24.2 Å². The fourth-order valence-corrected chi connectivity index (χ4v) is 2.49. The van der Waals surface area contributed by atoms with Crippen LogP contribution in [0.1, 0.15) is 43.4 Å². The molecule has 0 atom stereocenters. The van der Waals surface area contributed by atoms with E-state index in [0.29, 0.717) is 17.3 Å². The fraction of sp³-hybridized carbons (Fsp3) is 0.667. The van der Waals surface area contributed by atoms with Crippen LogP contribution in [0.5, 0.6) is 0 Å². The Morgan fingerprint density at radius 2 is 2.12 bits per heavy atom. The van der Waals surface area contributed by atoms with E-state index in [1.54, 1.807) is 0 Å². The molecule has 0 aromatic carbocycles. The third-order valence-corrected chi connectivity index (χ3v) is 3.43. The van der Waals surface area contributed by atoms with Gasteiger partial charge in [0.2, 0.25) is 0 Å². The minimum atomic E-state index is 0.533. The highest BCUT2D eigenvalue weighted by Crippen LogP contribution is 2.26. The molecular weight excluding hydrogens is 200 g/mol. The van der Waals surface area contributed by atoms with Gasteiger partial charge in [0.15, 0.2) is 0 Å². The molecule has 4 nitrogen and oxygen atoms in total. The highest BCUT2D eigenvalue weighted by molar-refractivity contribution is 5.51. The lowest BCUT2D eigenvalue weighted by Gasteiger charge is -2.21. The number of aryl methyl sites for hydroxylation is 1. The van der Waals surface area contributed by atoms with Crippen LogP contribution in [0.3, 0.4) is 0 Å². The molecule has 0 saturated heterocycles. The predicted molar refractivity (Wildman–Crippen MR) is 62.7 cm³/mol. The molecule has 1 fully saturated rings. The Labute approximate surface area is 96.0 Å². The normalized spacial score (nSPS) is 17.2. The molecule has 2 rings (SSSR count). The third kappa shape index (κ3) is 2.04. The average molecular weight is 218 g/mol. The van der Waals surface area contributed by atoms with Gasteiger partial charge >= 0.3 is 0 Å². The number of hydrogen-bond donors (Lipinski definition) is 1. The Kier molecular flexibility index (Phi) is 3.14. The van der Waals surface area contributed by atoms with Crippen molar-refractivity contribution in [2.24, 2.45) is 5.92 Å². The van der Waals surface area contributed by atoms with E-state index < -0.39 is 0 Å². The van der Waals surface area contributed by atoms with Gasteiger partial charge in [0.05, 0.1) is 5.69 Å². The topological polar surface area (TPSA) is 67.6 Å². The molecule has 0 unspecified atom stereocenters. The summed E-state index contributed by atoms with van der Waals surface area (Å²) in [6.45, 7) is 2.71. The van der Waals surface area contributed by atoms with E-state index in [1.165, 1.54) is 32.1 Å². The molecule has 1 aliphatic rings. The van der Waals surface area contributed by atoms with Gasteiger partial charge in [-0.3, -0.25) is 0 Å². The van der Waals surface area contributed by atoms with Crippen molar-refractivity contribution in [1.82, 2.24) is 9.78 Å². The zero-order valence-corrected chi connectivity index (χ0v) is 9.74. The van der Waals surface area contributed by atoms with Gasteiger partial charge in [-0.25, -0.2) is 4.68 Å². The first kappa shape index (κ1) is 11.0. The second-order valence-corrected chi connectivity index (χ2v) is 4.64. The predicted octanol–water partition coefficient (Wildman–Crippen LogP) is 2.23. The van der Waals surface area contributed by atoms with E-state index in [2.05, 4.69) is 11.2 Å². The molecule has 0 aliphatic heterocycles. The molecule has 86 valence electrons. The van der Waals surface area contributed by atoms with Gasteiger partial charge in [0.1, 0.15) is 17.5 Å². The van der Waals surface area contributed by atoms with Gasteiger partial charge < -0.3 is 5.73 Å². The number of hydrogen-bond acceptors (Lipinski definition) is 3. The van der Waals surface area contributed by atoms with Crippen molar-refractivity contribution in [3.63, 3.8) is 0 Å². The molecule has 1 aliphatic carbocycles. The quantitative estimate of drug-likeness (QED) is 0.827. The van der Waals surface area contributed by atoms with Crippen molar-refractivity contribution >= 4 is 5.82 Å². The molecule has 16 heavy (non-hydrogen) atoms. The van der Waals surface area contributed by atoms with E-state index in [-0.39, 0.29) is 0 Å². The van der Waals surface area contributed by atoms with E-state index in [0.717, 1.165) is 12.2 Å². The zero-order valence-electron chi connectivity index (χ0n) is 9.74. The van der Waals surface area contributed by atoms with E-state index in [4.69, 9.17) is 11.0 Å². The molecule has 4 heteroatoms. The van der Waals surface area contributed by atoms with Crippen LogP contribution in [0.15, 0.2) is 0 Å². The van der Waals surface area contributed by atoms with Crippen LogP contribution in [0.25, 0.3) is 0 Å². The molecule has 2 N–H and O–H groups in total. The first-order valence-corrected chi connectivity index (χ1v) is 5.95. The highest BCUT2D eigenvalue weighted by Gasteiger charge is 2.18. The van der Waals surface area contributed by atoms with Gasteiger partial charge in [-0.15, -0.1) is 0 Å². The number of anilines is 1. The van der Waals surface area contributed by atoms with Crippen LogP contribution in [0.4, 0.5) is 5.82 Å². The lowest BCUT2D eigenvalue weighted by atomic mass is 9.89. The first-order valence-electron chi connectivity index (χ1n) is 5.95. The van der Waals surface area contributed by atoms with E-state index in [1.807, 2.05) is 11.6 Å². The van der Waals surface area contributed by atoms with Crippen LogP contribution in [-0.2, 0) is 6.54 Å². The Bertz CT molecular complexity index is 407. The molecule has 1 aromatic rings. The number of nitrogens with two attached hydrogens (primary N) is 1. The Morgan fingerprint density at radius 3 is 2.69 bits per heavy atom. The zero-order chi connectivity index (χ0) is 11.5. The highest BCUT2D eigenvalue weighted by atomic mass is 15.3. The van der Waals surface area contributed by atoms with Crippen molar-refractivity contribution in [2.75, 3.05) is 5.73 Å².